The molecule has 0 aliphatic rings. The van der Waals surface area contributed by atoms with E-state index in [9.17, 15) is 27.9 Å². The Kier molecular flexibility index (Phi) is 4.45. The number of carbonyl (C=O) groups excluding carboxylic acids is 1. The van der Waals surface area contributed by atoms with Gasteiger partial charge in [0.1, 0.15) is 5.56 Å². The lowest BCUT2D eigenvalue weighted by Gasteiger charge is -2.13. The SMILES string of the molecule is Cn1c(=O)c(C(=O)Nc2ccc(Cl)c(C(F)(F)F)c2)c(O)c2sccc21. The molecule has 5 nitrogen and oxygen atoms in total. The summed E-state index contributed by atoms with van der Waals surface area (Å²) in [6.45, 7) is 0. The Balaban J connectivity index is 2.05. The normalized spacial score (nSPS) is 11.7. The minimum absolute atomic E-state index is 0.209. The highest BCUT2D eigenvalue weighted by molar-refractivity contribution is 7.17. The molecule has 2 heterocycles. The summed E-state index contributed by atoms with van der Waals surface area (Å²) < 4.78 is 40.3. The lowest BCUT2D eigenvalue weighted by molar-refractivity contribution is -0.137. The van der Waals surface area contributed by atoms with Crippen LogP contribution in [0.2, 0.25) is 5.02 Å². The van der Waals surface area contributed by atoms with Gasteiger partial charge in [0.2, 0.25) is 0 Å². The molecule has 0 aliphatic carbocycles. The van der Waals surface area contributed by atoms with Gasteiger partial charge in [0, 0.05) is 12.7 Å². The molecule has 0 fully saturated rings. The van der Waals surface area contributed by atoms with E-state index in [2.05, 4.69) is 5.32 Å². The maximum absolute atomic E-state index is 12.9. The van der Waals surface area contributed by atoms with Crippen LogP contribution in [-0.4, -0.2) is 15.6 Å². The van der Waals surface area contributed by atoms with Gasteiger partial charge in [-0.25, -0.2) is 0 Å². The van der Waals surface area contributed by atoms with Crippen molar-refractivity contribution in [1.82, 2.24) is 4.57 Å². The van der Waals surface area contributed by atoms with E-state index in [-0.39, 0.29) is 5.69 Å². The third kappa shape index (κ3) is 3.04. The summed E-state index contributed by atoms with van der Waals surface area (Å²) in [6.07, 6.45) is -4.70. The number of halogens is 4. The molecular weight excluding hydrogens is 393 g/mol. The zero-order chi connectivity index (χ0) is 19.2. The molecule has 0 bridgehead atoms. The summed E-state index contributed by atoms with van der Waals surface area (Å²) in [5.74, 6) is -1.53. The van der Waals surface area contributed by atoms with Gasteiger partial charge in [-0.05, 0) is 29.6 Å². The molecule has 3 rings (SSSR count). The predicted molar refractivity (Wildman–Crippen MR) is 93.1 cm³/mol. The fourth-order valence-electron chi connectivity index (χ4n) is 2.45. The number of nitrogens with zero attached hydrogens (tertiary/aromatic N) is 1. The van der Waals surface area contributed by atoms with E-state index in [1.54, 1.807) is 11.4 Å². The van der Waals surface area contributed by atoms with Crippen LogP contribution in [0.1, 0.15) is 15.9 Å². The summed E-state index contributed by atoms with van der Waals surface area (Å²) in [5.41, 5.74) is -2.20. The first kappa shape index (κ1) is 18.3. The number of hydrogen-bond donors (Lipinski definition) is 2. The Morgan fingerprint density at radius 2 is 2.00 bits per heavy atom. The highest BCUT2D eigenvalue weighted by atomic mass is 35.5. The number of rotatable bonds is 2. The molecule has 0 aliphatic heterocycles. The summed E-state index contributed by atoms with van der Waals surface area (Å²) in [6, 6.07) is 4.42. The standard InChI is InChI=1S/C16H10ClF3N2O3S/c1-22-10-4-5-26-13(10)12(23)11(15(22)25)14(24)21-7-2-3-9(17)8(6-7)16(18,19)20/h2-6,23H,1H3,(H,21,24). The van der Waals surface area contributed by atoms with E-state index in [0.717, 1.165) is 17.4 Å². The highest BCUT2D eigenvalue weighted by Gasteiger charge is 2.33. The number of pyridine rings is 1. The number of aromatic nitrogens is 1. The van der Waals surface area contributed by atoms with Crippen LogP contribution in [0.4, 0.5) is 18.9 Å². The van der Waals surface area contributed by atoms with Crippen molar-refractivity contribution in [1.29, 1.82) is 0 Å². The zero-order valence-electron chi connectivity index (χ0n) is 13.0. The smallest absolute Gasteiger partial charge is 0.417 e. The Bertz CT molecular complexity index is 1090. The minimum atomic E-state index is -4.70. The van der Waals surface area contributed by atoms with Gasteiger partial charge in [-0.1, -0.05) is 11.6 Å². The number of carbonyl (C=O) groups is 1. The summed E-state index contributed by atoms with van der Waals surface area (Å²) in [5, 5.41) is 13.6. The van der Waals surface area contributed by atoms with Gasteiger partial charge in [-0.15, -0.1) is 11.3 Å². The molecule has 2 aromatic heterocycles. The number of alkyl halides is 3. The van der Waals surface area contributed by atoms with E-state index in [1.165, 1.54) is 17.7 Å². The molecule has 0 saturated carbocycles. The van der Waals surface area contributed by atoms with Gasteiger partial charge in [-0.2, -0.15) is 13.2 Å². The second-order valence-corrected chi connectivity index (χ2v) is 6.69. The van der Waals surface area contributed by atoms with E-state index < -0.39 is 39.5 Å². The monoisotopic (exact) mass is 402 g/mol. The first-order valence-electron chi connectivity index (χ1n) is 7.08. The second-order valence-electron chi connectivity index (χ2n) is 5.37. The molecule has 0 atom stereocenters. The van der Waals surface area contributed by atoms with Crippen LogP contribution in [0.5, 0.6) is 5.75 Å². The van der Waals surface area contributed by atoms with Crippen LogP contribution in [-0.2, 0) is 13.2 Å². The van der Waals surface area contributed by atoms with Crippen molar-refractivity contribution in [3.8, 4) is 5.75 Å². The molecule has 2 N–H and O–H groups in total. The predicted octanol–water partition coefficient (Wildman–Crippen LogP) is 4.23. The van der Waals surface area contributed by atoms with Crippen LogP contribution in [0, 0.1) is 0 Å². The fourth-order valence-corrected chi connectivity index (χ4v) is 3.55. The molecule has 0 radical (unpaired) electrons. The molecule has 0 saturated heterocycles. The number of aryl methyl sites for hydroxylation is 1. The van der Waals surface area contributed by atoms with Gasteiger partial charge < -0.3 is 15.0 Å². The highest BCUT2D eigenvalue weighted by Crippen LogP contribution is 2.36. The average Bonchev–Trinajstić information content (AvgIpc) is 3.04. The van der Waals surface area contributed by atoms with Gasteiger partial charge in [0.05, 0.1) is 20.8 Å². The fraction of sp³-hybridized carbons (Fsp3) is 0.125. The van der Waals surface area contributed by atoms with Crippen molar-refractivity contribution >= 4 is 44.7 Å². The summed E-state index contributed by atoms with van der Waals surface area (Å²) in [7, 11) is 1.43. The van der Waals surface area contributed by atoms with Crippen LogP contribution in [0.25, 0.3) is 10.2 Å². The Morgan fingerprint density at radius 1 is 1.31 bits per heavy atom. The quantitative estimate of drug-likeness (QED) is 0.674. The molecule has 0 unspecified atom stereocenters. The topological polar surface area (TPSA) is 71.3 Å². The minimum Gasteiger partial charge on any atom is -0.505 e. The number of nitrogens with one attached hydrogen (secondary N) is 1. The molecule has 1 amide bonds. The summed E-state index contributed by atoms with van der Waals surface area (Å²) >= 11 is 6.66. The van der Waals surface area contributed by atoms with E-state index in [1.807, 2.05) is 0 Å². The van der Waals surface area contributed by atoms with Crippen LogP contribution in [0.3, 0.4) is 0 Å². The third-order valence-electron chi connectivity index (χ3n) is 3.73. The largest absolute Gasteiger partial charge is 0.505 e. The molecule has 26 heavy (non-hydrogen) atoms. The summed E-state index contributed by atoms with van der Waals surface area (Å²) in [4.78, 5) is 24.8. The Hall–Kier alpha value is -2.52. The first-order valence-corrected chi connectivity index (χ1v) is 8.34. The van der Waals surface area contributed by atoms with Crippen molar-refractivity contribution in [3.05, 3.63) is 56.1 Å². The number of hydrogen-bond acceptors (Lipinski definition) is 4. The van der Waals surface area contributed by atoms with Crippen LogP contribution in [0.15, 0.2) is 34.4 Å². The molecule has 10 heteroatoms. The van der Waals surface area contributed by atoms with Crippen molar-refractivity contribution in [2.75, 3.05) is 5.32 Å². The number of thiophene rings is 1. The van der Waals surface area contributed by atoms with Crippen LogP contribution < -0.4 is 10.9 Å². The molecule has 1 aromatic carbocycles. The number of amides is 1. The average molecular weight is 403 g/mol. The Labute approximate surface area is 153 Å². The van der Waals surface area contributed by atoms with Gasteiger partial charge in [0.25, 0.3) is 11.5 Å². The number of aromatic hydroxyl groups is 1. The van der Waals surface area contributed by atoms with Crippen molar-refractivity contribution < 1.29 is 23.1 Å². The number of benzene rings is 1. The number of anilines is 1. The second kappa shape index (κ2) is 6.33. The van der Waals surface area contributed by atoms with E-state index in [0.29, 0.717) is 16.3 Å². The van der Waals surface area contributed by atoms with Gasteiger partial charge >= 0.3 is 6.18 Å². The van der Waals surface area contributed by atoms with E-state index >= 15 is 0 Å². The van der Waals surface area contributed by atoms with Crippen molar-refractivity contribution in [2.24, 2.45) is 7.05 Å². The molecule has 0 spiro atoms. The Morgan fingerprint density at radius 3 is 2.65 bits per heavy atom. The lowest BCUT2D eigenvalue weighted by Crippen LogP contribution is -2.28. The lowest BCUT2D eigenvalue weighted by atomic mass is 10.1. The van der Waals surface area contributed by atoms with Gasteiger partial charge in [0.15, 0.2) is 5.75 Å². The third-order valence-corrected chi connectivity index (χ3v) is 4.97. The molecule has 136 valence electrons. The maximum Gasteiger partial charge on any atom is 0.417 e. The zero-order valence-corrected chi connectivity index (χ0v) is 14.6. The van der Waals surface area contributed by atoms with Crippen LogP contribution >= 0.6 is 22.9 Å². The van der Waals surface area contributed by atoms with Gasteiger partial charge in [-0.3, -0.25) is 9.59 Å². The molecular formula is C16H10ClF3N2O3S. The number of fused-ring (bicyclic) bond motifs is 1. The van der Waals surface area contributed by atoms with E-state index in [4.69, 9.17) is 11.6 Å². The first-order chi connectivity index (χ1) is 12.1. The van der Waals surface area contributed by atoms with Crippen molar-refractivity contribution in [2.45, 2.75) is 6.18 Å². The molecule has 3 aromatic rings. The maximum atomic E-state index is 12.9. The van der Waals surface area contributed by atoms with Crippen molar-refractivity contribution in [3.63, 3.8) is 0 Å².